The fraction of sp³-hybridized carbons (Fsp3) is 0.500. The van der Waals surface area contributed by atoms with Gasteiger partial charge in [-0.15, -0.1) is 11.3 Å². The van der Waals surface area contributed by atoms with Crippen molar-refractivity contribution < 1.29 is 0 Å². The molecule has 3 nitrogen and oxygen atoms in total. The Hall–Kier alpha value is -0.650. The summed E-state index contributed by atoms with van der Waals surface area (Å²) in [5.41, 5.74) is 1.63. The first-order valence-corrected chi connectivity index (χ1v) is 8.29. The second-order valence-electron chi connectivity index (χ2n) is 5.45. The summed E-state index contributed by atoms with van der Waals surface area (Å²) < 4.78 is 3.48. The summed E-state index contributed by atoms with van der Waals surface area (Å²) in [5.74, 6) is 0. The standard InChI is InChI=1S/C14H18BrN3S/c1-14(2-4-16-5-3-14)13-7-17-10-18(13)8-12-6-11(15)9-19-12/h6-7,9-10,16H,2-5,8H2,1H3. The Morgan fingerprint density at radius 2 is 2.26 bits per heavy atom. The summed E-state index contributed by atoms with van der Waals surface area (Å²) in [5, 5.41) is 5.58. The third-order valence-corrected chi connectivity index (χ3v) is 5.67. The number of thiophene rings is 1. The second-order valence-corrected chi connectivity index (χ2v) is 7.36. The van der Waals surface area contributed by atoms with Crippen molar-refractivity contribution in [3.05, 3.63) is 39.0 Å². The van der Waals surface area contributed by atoms with Gasteiger partial charge in [-0.3, -0.25) is 0 Å². The van der Waals surface area contributed by atoms with E-state index in [0.29, 0.717) is 0 Å². The van der Waals surface area contributed by atoms with Crippen molar-refractivity contribution in [2.45, 2.75) is 31.7 Å². The largest absolute Gasteiger partial charge is 0.329 e. The lowest BCUT2D eigenvalue weighted by Crippen LogP contribution is -2.39. The van der Waals surface area contributed by atoms with E-state index >= 15 is 0 Å². The van der Waals surface area contributed by atoms with Gasteiger partial charge in [0.2, 0.25) is 0 Å². The SMILES string of the molecule is CC1(c2cncn2Cc2cc(Br)cs2)CCNCC1. The number of aromatic nitrogens is 2. The molecule has 1 aliphatic rings. The van der Waals surface area contributed by atoms with Crippen LogP contribution in [0.25, 0.3) is 0 Å². The minimum Gasteiger partial charge on any atom is -0.329 e. The predicted molar refractivity (Wildman–Crippen MR) is 82.8 cm³/mol. The molecule has 2 aromatic heterocycles. The summed E-state index contributed by atoms with van der Waals surface area (Å²) in [6.07, 6.45) is 6.39. The highest BCUT2D eigenvalue weighted by atomic mass is 79.9. The summed E-state index contributed by atoms with van der Waals surface area (Å²) in [6, 6.07) is 2.19. The van der Waals surface area contributed by atoms with Crippen molar-refractivity contribution >= 4 is 27.3 Å². The molecule has 0 aromatic carbocycles. The maximum Gasteiger partial charge on any atom is 0.0951 e. The van der Waals surface area contributed by atoms with E-state index in [-0.39, 0.29) is 5.41 Å². The molecule has 1 fully saturated rings. The van der Waals surface area contributed by atoms with E-state index in [2.05, 4.69) is 49.2 Å². The molecule has 102 valence electrons. The third kappa shape index (κ3) is 2.78. The van der Waals surface area contributed by atoms with Crippen molar-refractivity contribution in [3.8, 4) is 0 Å². The van der Waals surface area contributed by atoms with Crippen LogP contribution in [0.15, 0.2) is 28.4 Å². The average Bonchev–Trinajstić information content (AvgIpc) is 3.00. The van der Waals surface area contributed by atoms with E-state index in [0.717, 1.165) is 19.6 Å². The van der Waals surface area contributed by atoms with Crippen LogP contribution in [0.3, 0.4) is 0 Å². The molecule has 1 saturated heterocycles. The monoisotopic (exact) mass is 339 g/mol. The van der Waals surface area contributed by atoms with Gasteiger partial charge in [-0.05, 0) is 47.9 Å². The summed E-state index contributed by atoms with van der Waals surface area (Å²) in [4.78, 5) is 5.75. The fourth-order valence-corrected chi connectivity index (χ4v) is 4.24. The summed E-state index contributed by atoms with van der Waals surface area (Å²) in [7, 11) is 0. The smallest absolute Gasteiger partial charge is 0.0951 e. The summed E-state index contributed by atoms with van der Waals surface area (Å²) >= 11 is 5.31. The van der Waals surface area contributed by atoms with E-state index < -0.39 is 0 Å². The highest BCUT2D eigenvalue weighted by Gasteiger charge is 2.31. The van der Waals surface area contributed by atoms with Crippen LogP contribution >= 0.6 is 27.3 Å². The Balaban J connectivity index is 1.85. The lowest BCUT2D eigenvalue weighted by molar-refractivity contribution is 0.319. The lowest BCUT2D eigenvalue weighted by Gasteiger charge is -2.34. The van der Waals surface area contributed by atoms with Gasteiger partial charge in [-0.25, -0.2) is 4.98 Å². The summed E-state index contributed by atoms with van der Waals surface area (Å²) in [6.45, 7) is 5.50. The molecule has 0 aliphatic carbocycles. The molecule has 0 bridgehead atoms. The molecule has 2 aromatic rings. The quantitative estimate of drug-likeness (QED) is 0.928. The van der Waals surface area contributed by atoms with Gasteiger partial charge in [0.15, 0.2) is 0 Å². The number of hydrogen-bond acceptors (Lipinski definition) is 3. The van der Waals surface area contributed by atoms with Crippen molar-refractivity contribution in [2.75, 3.05) is 13.1 Å². The van der Waals surface area contributed by atoms with Crippen LogP contribution in [-0.4, -0.2) is 22.6 Å². The van der Waals surface area contributed by atoms with Crippen LogP contribution in [0, 0.1) is 0 Å². The van der Waals surface area contributed by atoms with E-state index in [1.807, 2.05) is 12.5 Å². The number of piperidine rings is 1. The van der Waals surface area contributed by atoms with E-state index in [1.54, 1.807) is 11.3 Å². The molecule has 0 atom stereocenters. The van der Waals surface area contributed by atoms with E-state index in [9.17, 15) is 0 Å². The second kappa shape index (κ2) is 5.38. The van der Waals surface area contributed by atoms with Gasteiger partial charge < -0.3 is 9.88 Å². The lowest BCUT2D eigenvalue weighted by atomic mass is 9.78. The molecule has 3 rings (SSSR count). The number of nitrogens with one attached hydrogen (secondary N) is 1. The number of nitrogens with zero attached hydrogens (tertiary/aromatic N) is 2. The molecule has 0 spiro atoms. The maximum absolute atomic E-state index is 4.38. The molecular weight excluding hydrogens is 322 g/mol. The Labute approximate surface area is 126 Å². The molecule has 19 heavy (non-hydrogen) atoms. The molecule has 0 saturated carbocycles. The zero-order valence-corrected chi connectivity index (χ0v) is 13.4. The molecule has 0 unspecified atom stereocenters. The van der Waals surface area contributed by atoms with Gasteiger partial charge in [-0.1, -0.05) is 6.92 Å². The number of hydrogen-bond donors (Lipinski definition) is 1. The fourth-order valence-electron chi connectivity index (χ4n) is 2.79. The van der Waals surface area contributed by atoms with Gasteiger partial charge in [-0.2, -0.15) is 0 Å². The Bertz CT molecular complexity index is 555. The van der Waals surface area contributed by atoms with Gasteiger partial charge in [0, 0.05) is 32.0 Å². The van der Waals surface area contributed by atoms with Crippen molar-refractivity contribution in [1.82, 2.24) is 14.9 Å². The van der Waals surface area contributed by atoms with Crippen LogP contribution in [0.5, 0.6) is 0 Å². The zero-order valence-electron chi connectivity index (χ0n) is 11.0. The highest BCUT2D eigenvalue weighted by Crippen LogP contribution is 2.33. The van der Waals surface area contributed by atoms with Crippen molar-refractivity contribution in [2.24, 2.45) is 0 Å². The Morgan fingerprint density at radius 1 is 1.47 bits per heavy atom. The van der Waals surface area contributed by atoms with Gasteiger partial charge >= 0.3 is 0 Å². The molecular formula is C14H18BrN3S. The van der Waals surface area contributed by atoms with Gasteiger partial charge in [0.1, 0.15) is 0 Å². The first kappa shape index (κ1) is 13.3. The maximum atomic E-state index is 4.38. The predicted octanol–water partition coefficient (Wildman–Crippen LogP) is 3.40. The van der Waals surface area contributed by atoms with E-state index in [4.69, 9.17) is 0 Å². The van der Waals surface area contributed by atoms with Crippen LogP contribution < -0.4 is 5.32 Å². The molecule has 5 heteroatoms. The zero-order chi connectivity index (χ0) is 13.3. The Morgan fingerprint density at radius 3 is 2.95 bits per heavy atom. The average molecular weight is 340 g/mol. The third-order valence-electron chi connectivity index (χ3n) is 3.99. The molecule has 1 N–H and O–H groups in total. The molecule has 3 heterocycles. The topological polar surface area (TPSA) is 29.9 Å². The van der Waals surface area contributed by atoms with Crippen molar-refractivity contribution in [3.63, 3.8) is 0 Å². The Kier molecular flexibility index (Phi) is 3.78. The van der Waals surface area contributed by atoms with Gasteiger partial charge in [0.05, 0.1) is 12.9 Å². The highest BCUT2D eigenvalue weighted by molar-refractivity contribution is 9.10. The first-order chi connectivity index (χ1) is 9.17. The van der Waals surface area contributed by atoms with Crippen LogP contribution in [0.1, 0.15) is 30.3 Å². The molecule has 0 amide bonds. The minimum atomic E-state index is 0.260. The van der Waals surface area contributed by atoms with E-state index in [1.165, 1.54) is 27.9 Å². The normalized spacial score (nSPS) is 18.6. The number of rotatable bonds is 3. The number of halogens is 1. The number of imidazole rings is 1. The van der Waals surface area contributed by atoms with Gasteiger partial charge in [0.25, 0.3) is 0 Å². The molecule has 1 aliphatic heterocycles. The molecule has 0 radical (unpaired) electrons. The van der Waals surface area contributed by atoms with Crippen molar-refractivity contribution in [1.29, 1.82) is 0 Å². The van der Waals surface area contributed by atoms with Crippen LogP contribution in [0.4, 0.5) is 0 Å². The van der Waals surface area contributed by atoms with Crippen LogP contribution in [-0.2, 0) is 12.0 Å². The van der Waals surface area contributed by atoms with Crippen LogP contribution in [0.2, 0.25) is 0 Å². The minimum absolute atomic E-state index is 0.260. The first-order valence-electron chi connectivity index (χ1n) is 6.62.